The number of rotatable bonds is 5. The molecule has 1 nitrogen and oxygen atoms in total. The molecule has 0 amide bonds. The van der Waals surface area contributed by atoms with Crippen LogP contribution in [0.15, 0.2) is 22.7 Å². The highest BCUT2D eigenvalue weighted by Gasteiger charge is 2.31. The summed E-state index contributed by atoms with van der Waals surface area (Å²) in [5.74, 6) is 0. The lowest BCUT2D eigenvalue weighted by Gasteiger charge is -2.19. The van der Waals surface area contributed by atoms with Gasteiger partial charge < -0.3 is 5.32 Å². The first-order chi connectivity index (χ1) is 8.40. The summed E-state index contributed by atoms with van der Waals surface area (Å²) in [7, 11) is 1.77. The van der Waals surface area contributed by atoms with E-state index in [1.807, 2.05) is 0 Å². The van der Waals surface area contributed by atoms with Crippen molar-refractivity contribution in [3.63, 3.8) is 0 Å². The Kier molecular flexibility index (Phi) is 5.66. The summed E-state index contributed by atoms with van der Waals surface area (Å²) in [6.07, 6.45) is -1.46. The minimum atomic E-state index is -4.29. The van der Waals surface area contributed by atoms with Crippen LogP contribution in [0.2, 0.25) is 0 Å². The first-order valence-corrected chi connectivity index (χ1v) is 6.73. The number of unbranched alkanes of at least 4 members (excludes halogenated alkanes) is 1. The standard InChI is InChI=1S/C13H17BrF3N/c1-3-4-5-12(18-2)10-8-9(13(15,16)17)6-7-11(10)14/h6-8,12,18H,3-5H2,1-2H3. The Hall–Kier alpha value is -0.550. The van der Waals surface area contributed by atoms with Gasteiger partial charge in [-0.25, -0.2) is 0 Å². The van der Waals surface area contributed by atoms with E-state index in [4.69, 9.17) is 0 Å². The van der Waals surface area contributed by atoms with Gasteiger partial charge in [0.1, 0.15) is 0 Å². The molecule has 1 N–H and O–H groups in total. The largest absolute Gasteiger partial charge is 0.416 e. The van der Waals surface area contributed by atoms with Crippen LogP contribution >= 0.6 is 15.9 Å². The Morgan fingerprint density at radius 1 is 1.33 bits per heavy atom. The number of nitrogens with one attached hydrogen (secondary N) is 1. The highest BCUT2D eigenvalue weighted by Crippen LogP contribution is 2.34. The summed E-state index contributed by atoms with van der Waals surface area (Å²) in [5, 5.41) is 3.08. The summed E-state index contributed by atoms with van der Waals surface area (Å²) in [6.45, 7) is 2.06. The third-order valence-electron chi connectivity index (χ3n) is 2.89. The summed E-state index contributed by atoms with van der Waals surface area (Å²) in [6, 6.07) is 3.73. The van der Waals surface area contributed by atoms with Gasteiger partial charge in [-0.2, -0.15) is 13.2 Å². The Balaban J connectivity index is 3.05. The van der Waals surface area contributed by atoms with E-state index in [1.54, 1.807) is 7.05 Å². The molecule has 0 radical (unpaired) electrons. The molecular formula is C13H17BrF3N. The molecular weight excluding hydrogens is 307 g/mol. The predicted octanol–water partition coefficient (Wildman–Crippen LogP) is 4.92. The Morgan fingerprint density at radius 3 is 2.50 bits per heavy atom. The van der Waals surface area contributed by atoms with E-state index >= 15 is 0 Å². The van der Waals surface area contributed by atoms with E-state index in [1.165, 1.54) is 12.1 Å². The number of benzene rings is 1. The molecule has 0 bridgehead atoms. The molecule has 0 aliphatic heterocycles. The summed E-state index contributed by atoms with van der Waals surface area (Å²) < 4.78 is 38.8. The SMILES string of the molecule is CCCCC(NC)c1cc(C(F)(F)F)ccc1Br. The average Bonchev–Trinajstić information content (AvgIpc) is 2.30. The van der Waals surface area contributed by atoms with Crippen LogP contribution in [0.3, 0.4) is 0 Å². The molecule has 5 heteroatoms. The van der Waals surface area contributed by atoms with Gasteiger partial charge in [-0.15, -0.1) is 0 Å². The van der Waals surface area contributed by atoms with Crippen LogP contribution in [-0.2, 0) is 6.18 Å². The van der Waals surface area contributed by atoms with Crippen molar-refractivity contribution in [3.8, 4) is 0 Å². The lowest BCUT2D eigenvalue weighted by atomic mass is 9.99. The molecule has 1 aromatic rings. The quantitative estimate of drug-likeness (QED) is 0.811. The van der Waals surface area contributed by atoms with Crippen molar-refractivity contribution in [3.05, 3.63) is 33.8 Å². The second-order valence-electron chi connectivity index (χ2n) is 4.22. The molecule has 18 heavy (non-hydrogen) atoms. The Labute approximate surface area is 114 Å². The third-order valence-corrected chi connectivity index (χ3v) is 3.62. The van der Waals surface area contributed by atoms with Gasteiger partial charge in [0.2, 0.25) is 0 Å². The van der Waals surface area contributed by atoms with Crippen LogP contribution in [0, 0.1) is 0 Å². The van der Waals surface area contributed by atoms with Gasteiger partial charge in [0.25, 0.3) is 0 Å². The number of alkyl halides is 3. The van der Waals surface area contributed by atoms with Crippen LogP contribution in [0.1, 0.15) is 43.4 Å². The molecule has 1 unspecified atom stereocenters. The minimum Gasteiger partial charge on any atom is -0.313 e. The van der Waals surface area contributed by atoms with Gasteiger partial charge in [-0.3, -0.25) is 0 Å². The van der Waals surface area contributed by atoms with Gasteiger partial charge in [0.15, 0.2) is 0 Å². The van der Waals surface area contributed by atoms with Crippen molar-refractivity contribution in [1.82, 2.24) is 5.32 Å². The minimum absolute atomic E-state index is 0.0541. The normalized spacial score (nSPS) is 13.7. The fourth-order valence-corrected chi connectivity index (χ4v) is 2.37. The van der Waals surface area contributed by atoms with E-state index < -0.39 is 11.7 Å². The van der Waals surface area contributed by atoms with Crippen molar-refractivity contribution in [2.75, 3.05) is 7.05 Å². The maximum Gasteiger partial charge on any atom is 0.416 e. The molecule has 1 atom stereocenters. The molecule has 0 saturated heterocycles. The number of hydrogen-bond acceptors (Lipinski definition) is 1. The van der Waals surface area contributed by atoms with Crippen molar-refractivity contribution < 1.29 is 13.2 Å². The van der Waals surface area contributed by atoms with Gasteiger partial charge in [0.05, 0.1) is 5.56 Å². The molecule has 0 aromatic heterocycles. The number of halogens is 4. The lowest BCUT2D eigenvalue weighted by molar-refractivity contribution is -0.137. The van der Waals surface area contributed by atoms with E-state index in [0.29, 0.717) is 10.0 Å². The molecule has 0 spiro atoms. The van der Waals surface area contributed by atoms with Crippen LogP contribution in [0.4, 0.5) is 13.2 Å². The molecule has 1 aromatic carbocycles. The van der Waals surface area contributed by atoms with Gasteiger partial charge in [-0.05, 0) is 37.2 Å². The van der Waals surface area contributed by atoms with E-state index in [2.05, 4.69) is 28.2 Å². The van der Waals surface area contributed by atoms with E-state index in [9.17, 15) is 13.2 Å². The second kappa shape index (κ2) is 6.57. The molecule has 0 saturated carbocycles. The second-order valence-corrected chi connectivity index (χ2v) is 5.07. The molecule has 0 heterocycles. The van der Waals surface area contributed by atoms with Gasteiger partial charge in [-0.1, -0.05) is 35.7 Å². The van der Waals surface area contributed by atoms with Crippen molar-refractivity contribution in [2.45, 2.75) is 38.4 Å². The highest BCUT2D eigenvalue weighted by molar-refractivity contribution is 9.10. The van der Waals surface area contributed by atoms with Crippen LogP contribution in [-0.4, -0.2) is 7.05 Å². The fraction of sp³-hybridized carbons (Fsp3) is 0.538. The third kappa shape index (κ3) is 3.99. The van der Waals surface area contributed by atoms with Crippen molar-refractivity contribution >= 4 is 15.9 Å². The summed E-state index contributed by atoms with van der Waals surface area (Å²) in [5.41, 5.74) is 0.0678. The first kappa shape index (κ1) is 15.5. The summed E-state index contributed by atoms with van der Waals surface area (Å²) in [4.78, 5) is 0. The molecule has 0 aliphatic rings. The van der Waals surface area contributed by atoms with Crippen molar-refractivity contribution in [1.29, 1.82) is 0 Å². The lowest BCUT2D eigenvalue weighted by Crippen LogP contribution is -2.18. The summed E-state index contributed by atoms with van der Waals surface area (Å²) >= 11 is 3.32. The monoisotopic (exact) mass is 323 g/mol. The van der Waals surface area contributed by atoms with E-state index in [0.717, 1.165) is 25.3 Å². The zero-order valence-corrected chi connectivity index (χ0v) is 12.0. The van der Waals surface area contributed by atoms with Crippen molar-refractivity contribution in [2.24, 2.45) is 0 Å². The maximum atomic E-state index is 12.7. The van der Waals surface area contributed by atoms with Gasteiger partial charge >= 0.3 is 6.18 Å². The Morgan fingerprint density at radius 2 is 2.00 bits per heavy atom. The zero-order chi connectivity index (χ0) is 13.8. The molecule has 0 aliphatic carbocycles. The first-order valence-electron chi connectivity index (χ1n) is 5.94. The van der Waals surface area contributed by atoms with Crippen LogP contribution in [0.5, 0.6) is 0 Å². The van der Waals surface area contributed by atoms with E-state index in [-0.39, 0.29) is 6.04 Å². The maximum absolute atomic E-state index is 12.7. The zero-order valence-electron chi connectivity index (χ0n) is 10.4. The Bertz CT molecular complexity index is 390. The fourth-order valence-electron chi connectivity index (χ4n) is 1.85. The smallest absolute Gasteiger partial charge is 0.313 e. The molecule has 102 valence electrons. The van der Waals surface area contributed by atoms with Gasteiger partial charge in [0, 0.05) is 10.5 Å². The van der Waals surface area contributed by atoms with Crippen LogP contribution < -0.4 is 5.32 Å². The molecule has 0 fully saturated rings. The van der Waals surface area contributed by atoms with Crippen LogP contribution in [0.25, 0.3) is 0 Å². The predicted molar refractivity (Wildman–Crippen MR) is 70.5 cm³/mol. The topological polar surface area (TPSA) is 12.0 Å². The molecule has 1 rings (SSSR count). The highest BCUT2D eigenvalue weighted by atomic mass is 79.9. The average molecular weight is 324 g/mol. The number of hydrogen-bond donors (Lipinski definition) is 1.